The lowest BCUT2D eigenvalue weighted by atomic mass is 9.90. The molecule has 28 heavy (non-hydrogen) atoms. The second-order valence-electron chi connectivity index (χ2n) is 9.63. The van der Waals surface area contributed by atoms with Crippen LogP contribution in [-0.2, 0) is 0 Å². The predicted octanol–water partition coefficient (Wildman–Crippen LogP) is 7.38. The van der Waals surface area contributed by atoms with Crippen LogP contribution in [0.25, 0.3) is 11.1 Å². The molecule has 0 N–H and O–H groups in total. The van der Waals surface area contributed by atoms with Gasteiger partial charge in [-0.05, 0) is 64.6 Å². The maximum Gasteiger partial charge on any atom is 0.0798 e. The lowest BCUT2D eigenvalue weighted by Crippen LogP contribution is -2.32. The van der Waals surface area contributed by atoms with Crippen LogP contribution in [-0.4, -0.2) is 20.0 Å². The van der Waals surface area contributed by atoms with Crippen LogP contribution in [0.4, 0.5) is 0 Å². The Bertz CT molecular complexity index is 884. The van der Waals surface area contributed by atoms with E-state index in [1.807, 2.05) is 0 Å². The largest absolute Gasteiger partial charge is 0.370 e. The highest BCUT2D eigenvalue weighted by molar-refractivity contribution is 6.84. The fourth-order valence-electron chi connectivity index (χ4n) is 4.14. The van der Waals surface area contributed by atoms with Crippen LogP contribution in [0.3, 0.4) is 0 Å². The van der Waals surface area contributed by atoms with Crippen molar-refractivity contribution >= 4 is 8.07 Å². The van der Waals surface area contributed by atoms with Gasteiger partial charge in [-0.15, -0.1) is 0 Å². The van der Waals surface area contributed by atoms with E-state index in [0.717, 1.165) is 6.42 Å². The summed E-state index contributed by atoms with van der Waals surface area (Å²) in [5, 5.41) is 1.61. The highest BCUT2D eigenvalue weighted by atomic mass is 28.3. The fourth-order valence-corrected chi connectivity index (χ4v) is 5.88. The Morgan fingerprint density at radius 3 is 2.25 bits per heavy atom. The summed E-state index contributed by atoms with van der Waals surface area (Å²) in [6.07, 6.45) is 6.16. The first-order chi connectivity index (χ1) is 13.2. The van der Waals surface area contributed by atoms with E-state index in [9.17, 15) is 0 Å². The standard InChI is InChI=1S/C26H35NSi/c1-19(2)15-23-17-25(27(4)18-26(23)28(5,6)7)24-16-22(14-13-20(24)3)21-11-9-8-10-12-21/h8-14,16-19,25H,15H2,1-7H3. The van der Waals surface area contributed by atoms with Crippen LogP contribution < -0.4 is 0 Å². The van der Waals surface area contributed by atoms with Gasteiger partial charge < -0.3 is 4.90 Å². The Hall–Kier alpha value is -2.06. The molecule has 0 amide bonds. The van der Waals surface area contributed by atoms with Crippen molar-refractivity contribution in [3.8, 4) is 11.1 Å². The van der Waals surface area contributed by atoms with E-state index in [4.69, 9.17) is 0 Å². The van der Waals surface area contributed by atoms with Crippen LogP contribution in [0.15, 0.2) is 71.6 Å². The average molecular weight is 390 g/mol. The number of rotatable bonds is 5. The first-order valence-corrected chi connectivity index (χ1v) is 14.0. The summed E-state index contributed by atoms with van der Waals surface area (Å²) in [5.41, 5.74) is 6.93. The van der Waals surface area contributed by atoms with E-state index in [0.29, 0.717) is 12.0 Å². The van der Waals surface area contributed by atoms with Gasteiger partial charge in [0.25, 0.3) is 0 Å². The molecule has 2 aromatic carbocycles. The molecular formula is C26H35NSi. The summed E-state index contributed by atoms with van der Waals surface area (Å²) in [4.78, 5) is 2.43. The van der Waals surface area contributed by atoms with Gasteiger partial charge in [0.2, 0.25) is 0 Å². The molecule has 1 aliphatic rings. The van der Waals surface area contributed by atoms with Crippen LogP contribution in [0.5, 0.6) is 0 Å². The number of likely N-dealkylation sites (N-methyl/N-ethyl adjacent to an activating group) is 1. The molecule has 0 spiro atoms. The molecular weight excluding hydrogens is 354 g/mol. The van der Waals surface area contributed by atoms with Gasteiger partial charge in [0.1, 0.15) is 0 Å². The topological polar surface area (TPSA) is 3.24 Å². The Balaban J connectivity index is 2.05. The molecule has 2 heteroatoms. The van der Waals surface area contributed by atoms with Crippen molar-refractivity contribution in [1.82, 2.24) is 4.90 Å². The minimum atomic E-state index is -1.38. The van der Waals surface area contributed by atoms with Crippen molar-refractivity contribution in [3.63, 3.8) is 0 Å². The first kappa shape index (κ1) is 20.7. The number of aryl methyl sites for hydroxylation is 1. The van der Waals surface area contributed by atoms with Crippen molar-refractivity contribution in [3.05, 3.63) is 82.7 Å². The van der Waals surface area contributed by atoms with E-state index >= 15 is 0 Å². The van der Waals surface area contributed by atoms with Crippen molar-refractivity contribution in [2.45, 2.75) is 52.9 Å². The Morgan fingerprint density at radius 1 is 0.964 bits per heavy atom. The second-order valence-corrected chi connectivity index (χ2v) is 14.7. The quantitative estimate of drug-likeness (QED) is 0.482. The van der Waals surface area contributed by atoms with Crippen LogP contribution >= 0.6 is 0 Å². The molecule has 2 aromatic rings. The van der Waals surface area contributed by atoms with Gasteiger partial charge in [-0.2, -0.15) is 0 Å². The van der Waals surface area contributed by atoms with Crippen LogP contribution in [0, 0.1) is 12.8 Å². The molecule has 1 heterocycles. The zero-order chi connectivity index (χ0) is 20.5. The number of allylic oxidation sites excluding steroid dienone is 2. The zero-order valence-corrected chi connectivity index (χ0v) is 19.6. The number of nitrogens with zero attached hydrogens (tertiary/aromatic N) is 1. The Labute approximate surface area is 172 Å². The van der Waals surface area contributed by atoms with Crippen LogP contribution in [0.1, 0.15) is 37.4 Å². The molecule has 0 saturated heterocycles. The molecule has 0 fully saturated rings. The van der Waals surface area contributed by atoms with E-state index in [1.165, 1.54) is 22.3 Å². The highest BCUT2D eigenvalue weighted by Gasteiger charge is 2.29. The van der Waals surface area contributed by atoms with E-state index in [1.54, 1.807) is 10.8 Å². The molecule has 1 aliphatic heterocycles. The van der Waals surface area contributed by atoms with Gasteiger partial charge in [0.05, 0.1) is 14.1 Å². The molecule has 0 aliphatic carbocycles. The minimum Gasteiger partial charge on any atom is -0.370 e. The van der Waals surface area contributed by atoms with Gasteiger partial charge in [0, 0.05) is 7.05 Å². The smallest absolute Gasteiger partial charge is 0.0798 e. The zero-order valence-electron chi connectivity index (χ0n) is 18.6. The number of benzene rings is 2. The van der Waals surface area contributed by atoms with E-state index in [2.05, 4.69) is 113 Å². The third-order valence-electron chi connectivity index (χ3n) is 5.62. The molecule has 0 radical (unpaired) electrons. The summed E-state index contributed by atoms with van der Waals surface area (Å²) < 4.78 is 0. The number of hydrogen-bond acceptors (Lipinski definition) is 1. The summed E-state index contributed by atoms with van der Waals surface area (Å²) in [7, 11) is 0.854. The normalized spacial score (nSPS) is 17.6. The van der Waals surface area contributed by atoms with Crippen molar-refractivity contribution < 1.29 is 0 Å². The molecule has 0 aromatic heterocycles. The summed E-state index contributed by atoms with van der Waals surface area (Å²) >= 11 is 0. The number of hydrogen-bond donors (Lipinski definition) is 0. The van der Waals surface area contributed by atoms with Crippen molar-refractivity contribution in [2.24, 2.45) is 5.92 Å². The average Bonchev–Trinajstić information content (AvgIpc) is 2.63. The second kappa shape index (κ2) is 8.12. The van der Waals surface area contributed by atoms with Crippen molar-refractivity contribution in [2.75, 3.05) is 7.05 Å². The summed E-state index contributed by atoms with van der Waals surface area (Å²) in [6, 6.07) is 17.9. The Morgan fingerprint density at radius 2 is 1.64 bits per heavy atom. The summed E-state index contributed by atoms with van der Waals surface area (Å²) in [6.45, 7) is 14.3. The van der Waals surface area contributed by atoms with Crippen LogP contribution in [0.2, 0.25) is 19.6 Å². The van der Waals surface area contributed by atoms with Gasteiger partial charge in [-0.1, -0.05) is 82.0 Å². The van der Waals surface area contributed by atoms with Gasteiger partial charge in [0.15, 0.2) is 0 Å². The van der Waals surface area contributed by atoms with Gasteiger partial charge in [-0.25, -0.2) is 0 Å². The predicted molar refractivity (Wildman–Crippen MR) is 126 cm³/mol. The molecule has 148 valence electrons. The van der Waals surface area contributed by atoms with Gasteiger partial charge in [-0.3, -0.25) is 0 Å². The third kappa shape index (κ3) is 4.49. The van der Waals surface area contributed by atoms with Crippen molar-refractivity contribution in [1.29, 1.82) is 0 Å². The lowest BCUT2D eigenvalue weighted by Gasteiger charge is -2.37. The highest BCUT2D eigenvalue weighted by Crippen LogP contribution is 2.38. The lowest BCUT2D eigenvalue weighted by molar-refractivity contribution is 0.382. The van der Waals surface area contributed by atoms with Gasteiger partial charge >= 0.3 is 0 Å². The summed E-state index contributed by atoms with van der Waals surface area (Å²) in [5.74, 6) is 0.673. The SMILES string of the molecule is Cc1ccc(-c2ccccc2)cc1C1C=C(CC(C)C)C([Si](C)(C)C)=CN1C. The van der Waals surface area contributed by atoms with E-state index < -0.39 is 8.07 Å². The first-order valence-electron chi connectivity index (χ1n) is 10.5. The van der Waals surface area contributed by atoms with E-state index in [-0.39, 0.29) is 0 Å². The maximum absolute atomic E-state index is 2.55. The molecule has 0 saturated carbocycles. The molecule has 1 atom stereocenters. The monoisotopic (exact) mass is 389 g/mol. The fraction of sp³-hybridized carbons (Fsp3) is 0.385. The molecule has 1 nitrogen and oxygen atoms in total. The maximum atomic E-state index is 2.55. The molecule has 1 unspecified atom stereocenters. The third-order valence-corrected chi connectivity index (χ3v) is 7.68. The minimum absolute atomic E-state index is 0.303. The molecule has 0 bridgehead atoms. The molecule has 3 rings (SSSR count). The Kier molecular flexibility index (Phi) is 6.00.